The maximum Gasteiger partial charge on any atom is 0.253 e. The van der Waals surface area contributed by atoms with Crippen molar-refractivity contribution in [3.8, 4) is 5.69 Å². The molecule has 0 radical (unpaired) electrons. The van der Waals surface area contributed by atoms with Crippen LogP contribution in [0, 0.1) is 13.8 Å². The van der Waals surface area contributed by atoms with Crippen LogP contribution in [0.4, 0.5) is 0 Å². The molecule has 1 aliphatic rings. The Morgan fingerprint density at radius 3 is 2.59 bits per heavy atom. The predicted molar refractivity (Wildman–Crippen MR) is 86.4 cm³/mol. The van der Waals surface area contributed by atoms with Crippen LogP contribution in [0.1, 0.15) is 28.2 Å². The highest BCUT2D eigenvalue weighted by Crippen LogP contribution is 2.16. The Morgan fingerprint density at radius 2 is 2.05 bits per heavy atom. The smallest absolute Gasteiger partial charge is 0.253 e. The molecule has 1 amide bonds. The van der Waals surface area contributed by atoms with E-state index in [1.807, 2.05) is 60.8 Å². The number of hydrogen-bond donors (Lipinski definition) is 1. The monoisotopic (exact) mass is 298 g/mol. The van der Waals surface area contributed by atoms with Crippen molar-refractivity contribution in [1.29, 1.82) is 0 Å². The second kappa shape index (κ2) is 5.93. The van der Waals surface area contributed by atoms with Gasteiger partial charge in [0, 0.05) is 30.9 Å². The number of amides is 1. The van der Waals surface area contributed by atoms with Gasteiger partial charge in [0.2, 0.25) is 0 Å². The third-order valence-electron chi connectivity index (χ3n) is 4.27. The number of hydrogen-bond acceptors (Lipinski definition) is 3. The van der Waals surface area contributed by atoms with Crippen LogP contribution in [0.15, 0.2) is 30.3 Å². The number of benzene rings is 1. The van der Waals surface area contributed by atoms with Gasteiger partial charge in [-0.15, -0.1) is 0 Å². The van der Waals surface area contributed by atoms with Gasteiger partial charge in [-0.05, 0) is 57.1 Å². The third-order valence-corrected chi connectivity index (χ3v) is 4.27. The Balaban J connectivity index is 1.79. The minimum atomic E-state index is 0.0774. The van der Waals surface area contributed by atoms with Crippen LogP contribution in [0.2, 0.25) is 0 Å². The minimum Gasteiger partial charge on any atom is -0.337 e. The number of carbonyl (C=O) groups excluding carboxylic acids is 1. The topological polar surface area (TPSA) is 50.2 Å². The number of likely N-dealkylation sites (N-methyl/N-ethyl adjacent to an activating group) is 1. The largest absolute Gasteiger partial charge is 0.337 e. The van der Waals surface area contributed by atoms with Gasteiger partial charge in [0.05, 0.1) is 11.4 Å². The van der Waals surface area contributed by atoms with Gasteiger partial charge >= 0.3 is 0 Å². The van der Waals surface area contributed by atoms with E-state index in [-0.39, 0.29) is 5.91 Å². The number of rotatable bonds is 3. The van der Waals surface area contributed by atoms with Crippen LogP contribution in [0.5, 0.6) is 0 Å². The molecule has 116 valence electrons. The van der Waals surface area contributed by atoms with E-state index in [0.29, 0.717) is 6.04 Å². The van der Waals surface area contributed by atoms with Crippen LogP contribution in [-0.2, 0) is 0 Å². The number of aromatic nitrogens is 2. The first-order chi connectivity index (χ1) is 10.6. The summed E-state index contributed by atoms with van der Waals surface area (Å²) in [6, 6.07) is 10.0. The zero-order chi connectivity index (χ0) is 15.7. The molecule has 0 aliphatic carbocycles. The summed E-state index contributed by atoms with van der Waals surface area (Å²) in [4.78, 5) is 14.4. The molecule has 3 rings (SSSR count). The lowest BCUT2D eigenvalue weighted by Crippen LogP contribution is -2.38. The standard InChI is InChI=1S/C17H22N4O/c1-12-10-13(2)21(19-12)15-6-4-14(5-7-15)17(22)20(3)16-8-9-18-11-16/h4-7,10,16,18H,8-9,11H2,1-3H3. The summed E-state index contributed by atoms with van der Waals surface area (Å²) in [5.41, 5.74) is 3.78. The fourth-order valence-electron chi connectivity index (χ4n) is 2.97. The molecule has 5 nitrogen and oxygen atoms in total. The van der Waals surface area contributed by atoms with Crippen molar-refractivity contribution in [3.63, 3.8) is 0 Å². The van der Waals surface area contributed by atoms with Crippen molar-refractivity contribution >= 4 is 5.91 Å². The molecular weight excluding hydrogens is 276 g/mol. The summed E-state index contributed by atoms with van der Waals surface area (Å²) in [5, 5.41) is 7.76. The van der Waals surface area contributed by atoms with E-state index in [9.17, 15) is 4.79 Å². The van der Waals surface area contributed by atoms with E-state index in [0.717, 1.165) is 42.1 Å². The third kappa shape index (κ3) is 2.76. The normalized spacial score (nSPS) is 17.7. The first kappa shape index (κ1) is 14.8. The fraction of sp³-hybridized carbons (Fsp3) is 0.412. The molecule has 1 aliphatic heterocycles. The molecule has 1 aromatic carbocycles. The van der Waals surface area contributed by atoms with E-state index in [1.165, 1.54) is 0 Å². The Labute approximate surface area is 130 Å². The molecule has 2 heterocycles. The summed E-state index contributed by atoms with van der Waals surface area (Å²) in [7, 11) is 1.88. The number of carbonyl (C=O) groups is 1. The summed E-state index contributed by atoms with van der Waals surface area (Å²) >= 11 is 0. The molecule has 0 saturated carbocycles. The van der Waals surface area contributed by atoms with Gasteiger partial charge in [-0.2, -0.15) is 5.10 Å². The molecule has 5 heteroatoms. The maximum atomic E-state index is 12.5. The fourth-order valence-corrected chi connectivity index (χ4v) is 2.97. The van der Waals surface area contributed by atoms with E-state index < -0.39 is 0 Å². The van der Waals surface area contributed by atoms with E-state index >= 15 is 0 Å². The van der Waals surface area contributed by atoms with Gasteiger partial charge in [-0.1, -0.05) is 0 Å². The van der Waals surface area contributed by atoms with Crippen molar-refractivity contribution in [3.05, 3.63) is 47.3 Å². The van der Waals surface area contributed by atoms with Crippen LogP contribution < -0.4 is 5.32 Å². The Kier molecular flexibility index (Phi) is 3.98. The Morgan fingerprint density at radius 1 is 1.32 bits per heavy atom. The second-order valence-corrected chi connectivity index (χ2v) is 5.95. The summed E-state index contributed by atoms with van der Waals surface area (Å²) in [5.74, 6) is 0.0774. The summed E-state index contributed by atoms with van der Waals surface area (Å²) in [6.45, 7) is 5.87. The predicted octanol–water partition coefficient (Wildman–Crippen LogP) is 1.92. The Hall–Kier alpha value is -2.14. The van der Waals surface area contributed by atoms with Gasteiger partial charge in [-0.25, -0.2) is 4.68 Å². The van der Waals surface area contributed by atoms with Crippen LogP contribution >= 0.6 is 0 Å². The zero-order valence-corrected chi connectivity index (χ0v) is 13.3. The minimum absolute atomic E-state index is 0.0774. The van der Waals surface area contributed by atoms with E-state index in [2.05, 4.69) is 10.4 Å². The number of aryl methyl sites for hydroxylation is 2. The van der Waals surface area contributed by atoms with Gasteiger partial charge in [-0.3, -0.25) is 4.79 Å². The lowest BCUT2D eigenvalue weighted by molar-refractivity contribution is 0.0744. The summed E-state index contributed by atoms with van der Waals surface area (Å²) in [6.07, 6.45) is 1.02. The van der Waals surface area contributed by atoms with Gasteiger partial charge < -0.3 is 10.2 Å². The molecule has 1 aromatic heterocycles. The molecular formula is C17H22N4O. The van der Waals surface area contributed by atoms with E-state index in [4.69, 9.17) is 0 Å². The summed E-state index contributed by atoms with van der Waals surface area (Å²) < 4.78 is 1.90. The molecule has 1 N–H and O–H groups in total. The Bertz CT molecular complexity index is 668. The number of nitrogens with zero attached hydrogens (tertiary/aromatic N) is 3. The lowest BCUT2D eigenvalue weighted by atomic mass is 10.1. The molecule has 0 spiro atoms. The van der Waals surface area contributed by atoms with E-state index in [1.54, 1.807) is 0 Å². The van der Waals surface area contributed by atoms with Crippen molar-refractivity contribution in [2.24, 2.45) is 0 Å². The van der Waals surface area contributed by atoms with Gasteiger partial charge in [0.25, 0.3) is 5.91 Å². The van der Waals surface area contributed by atoms with Crippen LogP contribution in [-0.4, -0.2) is 46.8 Å². The van der Waals surface area contributed by atoms with Crippen LogP contribution in [0.25, 0.3) is 5.69 Å². The van der Waals surface area contributed by atoms with Gasteiger partial charge in [0.15, 0.2) is 0 Å². The molecule has 2 aromatic rings. The van der Waals surface area contributed by atoms with Crippen molar-refractivity contribution in [2.45, 2.75) is 26.3 Å². The van der Waals surface area contributed by atoms with Crippen molar-refractivity contribution in [1.82, 2.24) is 20.0 Å². The zero-order valence-electron chi connectivity index (χ0n) is 13.3. The quantitative estimate of drug-likeness (QED) is 0.942. The highest BCUT2D eigenvalue weighted by atomic mass is 16.2. The highest BCUT2D eigenvalue weighted by Gasteiger charge is 2.23. The molecule has 1 saturated heterocycles. The lowest BCUT2D eigenvalue weighted by Gasteiger charge is -2.23. The molecule has 22 heavy (non-hydrogen) atoms. The molecule has 1 atom stereocenters. The maximum absolute atomic E-state index is 12.5. The number of nitrogens with one attached hydrogen (secondary N) is 1. The van der Waals surface area contributed by atoms with Crippen LogP contribution in [0.3, 0.4) is 0 Å². The molecule has 1 fully saturated rings. The van der Waals surface area contributed by atoms with Crippen molar-refractivity contribution in [2.75, 3.05) is 20.1 Å². The average molecular weight is 298 g/mol. The SMILES string of the molecule is Cc1cc(C)n(-c2ccc(C(=O)N(C)C3CCNC3)cc2)n1. The first-order valence-electron chi connectivity index (χ1n) is 7.68. The first-order valence-corrected chi connectivity index (χ1v) is 7.68. The van der Waals surface area contributed by atoms with Gasteiger partial charge in [0.1, 0.15) is 0 Å². The molecule has 0 bridgehead atoms. The molecule has 1 unspecified atom stereocenters. The highest BCUT2D eigenvalue weighted by molar-refractivity contribution is 5.94. The van der Waals surface area contributed by atoms with Crippen molar-refractivity contribution < 1.29 is 4.79 Å². The second-order valence-electron chi connectivity index (χ2n) is 5.95. The average Bonchev–Trinajstić information content (AvgIpc) is 3.15.